The second-order valence-electron chi connectivity index (χ2n) is 10.7. The molecule has 0 atom stereocenters. The van der Waals surface area contributed by atoms with Gasteiger partial charge in [-0.2, -0.15) is 10.4 Å². The van der Waals surface area contributed by atoms with Crippen LogP contribution in [-0.2, 0) is 23.6 Å². The molecule has 1 fully saturated rings. The Labute approximate surface area is 251 Å². The monoisotopic (exact) mass is 598 g/mol. The van der Waals surface area contributed by atoms with Crippen LogP contribution in [0.2, 0.25) is 0 Å². The smallest absolute Gasteiger partial charge is 0.322 e. The molecule has 0 unspecified atom stereocenters. The summed E-state index contributed by atoms with van der Waals surface area (Å²) in [6, 6.07) is 20.5. The van der Waals surface area contributed by atoms with Crippen LogP contribution in [0, 0.1) is 11.3 Å². The number of amides is 2. The van der Waals surface area contributed by atoms with E-state index in [2.05, 4.69) is 31.5 Å². The maximum Gasteiger partial charge on any atom is 0.322 e. The zero-order chi connectivity index (χ0) is 30.4. The standard InChI is InChI=1S/C31H34N8O3S/c1-38-21-25(20-35-38)24-7-11-28(12-8-24)39(31(40)34-18-22-4-3-5-27(16-22)37-43(2,41)42)29-13-9-26(10-14-29)36-30-15-6-23(17-32)19-33-30/h3-8,11-12,15-16,19-21,26,29,37H,9-10,13-14,18H2,1-2H3,(H,33,36)(H,34,40)/t26-,29-. The van der Waals surface area contributed by atoms with Crippen LogP contribution >= 0.6 is 0 Å². The minimum Gasteiger partial charge on any atom is -0.367 e. The summed E-state index contributed by atoms with van der Waals surface area (Å²) in [7, 11) is -1.54. The van der Waals surface area contributed by atoms with Crippen LogP contribution in [0.1, 0.15) is 36.8 Å². The molecule has 1 saturated carbocycles. The summed E-state index contributed by atoms with van der Waals surface area (Å²) < 4.78 is 27.5. The number of carbonyl (C=O) groups is 1. The van der Waals surface area contributed by atoms with Gasteiger partial charge in [-0.3, -0.25) is 14.3 Å². The summed E-state index contributed by atoms with van der Waals surface area (Å²) in [5, 5.41) is 19.8. The number of aryl methyl sites for hydroxylation is 1. The van der Waals surface area contributed by atoms with Gasteiger partial charge in [-0.25, -0.2) is 18.2 Å². The fourth-order valence-corrected chi connectivity index (χ4v) is 5.89. The van der Waals surface area contributed by atoms with Gasteiger partial charge in [-0.15, -0.1) is 0 Å². The molecule has 0 saturated heterocycles. The molecular formula is C31H34N8O3S. The number of urea groups is 1. The summed E-state index contributed by atoms with van der Waals surface area (Å²) >= 11 is 0. The summed E-state index contributed by atoms with van der Waals surface area (Å²) in [5.74, 6) is 0.732. The van der Waals surface area contributed by atoms with E-state index >= 15 is 0 Å². The van der Waals surface area contributed by atoms with E-state index in [9.17, 15) is 13.2 Å². The zero-order valence-electron chi connectivity index (χ0n) is 24.1. The number of benzene rings is 2. The molecule has 0 aliphatic heterocycles. The molecule has 0 spiro atoms. The van der Waals surface area contributed by atoms with E-state index in [1.165, 1.54) is 0 Å². The highest BCUT2D eigenvalue weighted by Crippen LogP contribution is 2.31. The van der Waals surface area contributed by atoms with Gasteiger partial charge in [0, 0.05) is 55.0 Å². The zero-order valence-corrected chi connectivity index (χ0v) is 24.9. The Hall–Kier alpha value is -4.89. The van der Waals surface area contributed by atoms with Crippen LogP contribution in [0.25, 0.3) is 11.1 Å². The topological polar surface area (TPSA) is 145 Å². The number of pyridine rings is 1. The Morgan fingerprint density at radius 1 is 1.05 bits per heavy atom. The maximum absolute atomic E-state index is 13.8. The van der Waals surface area contributed by atoms with E-state index in [-0.39, 0.29) is 24.7 Å². The van der Waals surface area contributed by atoms with Crippen LogP contribution in [0.5, 0.6) is 0 Å². The maximum atomic E-state index is 13.8. The van der Waals surface area contributed by atoms with E-state index in [4.69, 9.17) is 5.26 Å². The van der Waals surface area contributed by atoms with Crippen LogP contribution in [0.4, 0.5) is 22.0 Å². The van der Waals surface area contributed by atoms with Crippen molar-refractivity contribution in [2.45, 2.75) is 44.3 Å². The second kappa shape index (κ2) is 13.0. The van der Waals surface area contributed by atoms with E-state index < -0.39 is 10.0 Å². The molecule has 5 rings (SSSR count). The first-order valence-electron chi connectivity index (χ1n) is 14.0. The SMILES string of the molecule is Cn1cc(-c2ccc(N(C(=O)NCc3cccc(NS(C)(=O)=O)c3)[C@H]3CC[C@H](Nc4ccc(C#N)cn4)CC3)cc2)cn1. The number of nitrogens with zero attached hydrogens (tertiary/aromatic N) is 5. The van der Waals surface area contributed by atoms with Crippen LogP contribution in [0.15, 0.2) is 79.3 Å². The third-order valence-electron chi connectivity index (χ3n) is 7.38. The molecule has 222 valence electrons. The lowest BCUT2D eigenvalue weighted by atomic mass is 9.89. The van der Waals surface area contributed by atoms with Crippen LogP contribution < -0.4 is 20.3 Å². The van der Waals surface area contributed by atoms with Crippen molar-refractivity contribution >= 4 is 33.2 Å². The molecule has 4 aromatic rings. The van der Waals surface area contributed by atoms with Gasteiger partial charge < -0.3 is 10.6 Å². The lowest BCUT2D eigenvalue weighted by Gasteiger charge is -2.37. The first-order valence-corrected chi connectivity index (χ1v) is 15.9. The second-order valence-corrected chi connectivity index (χ2v) is 12.5. The molecule has 12 heteroatoms. The number of hydrogen-bond acceptors (Lipinski definition) is 7. The van der Waals surface area contributed by atoms with Gasteiger partial charge in [0.2, 0.25) is 10.0 Å². The van der Waals surface area contributed by atoms with Crippen molar-refractivity contribution in [3.8, 4) is 17.2 Å². The Kier molecular flexibility index (Phi) is 8.92. The normalized spacial score (nSPS) is 16.6. The number of carbonyl (C=O) groups excluding carboxylic acids is 1. The highest BCUT2D eigenvalue weighted by Gasteiger charge is 2.30. The lowest BCUT2D eigenvalue weighted by molar-refractivity contribution is 0.240. The van der Waals surface area contributed by atoms with Crippen molar-refractivity contribution in [3.05, 3.63) is 90.4 Å². The largest absolute Gasteiger partial charge is 0.367 e. The molecule has 2 aromatic heterocycles. The van der Waals surface area contributed by atoms with E-state index in [1.807, 2.05) is 60.7 Å². The molecule has 1 aliphatic carbocycles. The van der Waals surface area contributed by atoms with Crippen molar-refractivity contribution < 1.29 is 13.2 Å². The quantitative estimate of drug-likeness (QED) is 0.249. The summed E-state index contributed by atoms with van der Waals surface area (Å²) in [5.41, 5.74) is 4.54. The Morgan fingerprint density at radius 3 is 2.44 bits per heavy atom. The van der Waals surface area contributed by atoms with Crippen LogP contribution in [0.3, 0.4) is 0 Å². The molecular weight excluding hydrogens is 564 g/mol. The fraction of sp³-hybridized carbons (Fsp3) is 0.290. The van der Waals surface area contributed by atoms with E-state index in [0.29, 0.717) is 11.3 Å². The number of sulfonamides is 1. The number of nitrogens with one attached hydrogen (secondary N) is 3. The summed E-state index contributed by atoms with van der Waals surface area (Å²) in [4.78, 5) is 19.9. The first kappa shape index (κ1) is 29.6. The van der Waals surface area contributed by atoms with Crippen molar-refractivity contribution in [1.82, 2.24) is 20.1 Å². The number of nitriles is 1. The van der Waals surface area contributed by atoms with Crippen molar-refractivity contribution in [2.24, 2.45) is 7.05 Å². The van der Waals surface area contributed by atoms with E-state index in [1.54, 1.807) is 35.1 Å². The van der Waals surface area contributed by atoms with Crippen LogP contribution in [-0.4, -0.2) is 47.6 Å². The highest BCUT2D eigenvalue weighted by molar-refractivity contribution is 7.92. The summed E-state index contributed by atoms with van der Waals surface area (Å²) in [6.45, 7) is 0.240. The number of hydrogen-bond donors (Lipinski definition) is 3. The average Bonchev–Trinajstić information content (AvgIpc) is 3.43. The Bertz CT molecular complexity index is 1700. The third-order valence-corrected chi connectivity index (χ3v) is 7.99. The summed E-state index contributed by atoms with van der Waals surface area (Å²) in [6.07, 6.45) is 9.70. The van der Waals surface area contributed by atoms with Gasteiger partial charge in [-0.05, 0) is 73.2 Å². The van der Waals surface area contributed by atoms with Gasteiger partial charge in [0.05, 0.1) is 18.0 Å². The average molecular weight is 599 g/mol. The molecule has 0 radical (unpaired) electrons. The Balaban J connectivity index is 1.30. The molecule has 43 heavy (non-hydrogen) atoms. The number of aromatic nitrogens is 3. The minimum absolute atomic E-state index is 0.0190. The highest BCUT2D eigenvalue weighted by atomic mass is 32.2. The lowest BCUT2D eigenvalue weighted by Crippen LogP contribution is -2.48. The minimum atomic E-state index is -3.41. The molecule has 11 nitrogen and oxygen atoms in total. The molecule has 1 aliphatic rings. The predicted molar refractivity (Wildman–Crippen MR) is 167 cm³/mol. The molecule has 2 amide bonds. The molecule has 3 N–H and O–H groups in total. The predicted octanol–water partition coefficient (Wildman–Crippen LogP) is 4.86. The Morgan fingerprint density at radius 2 is 1.81 bits per heavy atom. The van der Waals surface area contributed by atoms with E-state index in [0.717, 1.165) is 60.1 Å². The van der Waals surface area contributed by atoms with Crippen molar-refractivity contribution in [1.29, 1.82) is 5.26 Å². The van der Waals surface area contributed by atoms with Gasteiger partial charge in [0.15, 0.2) is 0 Å². The van der Waals surface area contributed by atoms with Crippen molar-refractivity contribution in [2.75, 3.05) is 21.2 Å². The third kappa shape index (κ3) is 7.90. The van der Waals surface area contributed by atoms with Gasteiger partial charge >= 0.3 is 6.03 Å². The van der Waals surface area contributed by atoms with Crippen molar-refractivity contribution in [3.63, 3.8) is 0 Å². The van der Waals surface area contributed by atoms with Gasteiger partial charge in [0.1, 0.15) is 11.9 Å². The molecule has 2 heterocycles. The van der Waals surface area contributed by atoms with Gasteiger partial charge in [0.25, 0.3) is 0 Å². The molecule has 0 bridgehead atoms. The number of anilines is 3. The molecule has 2 aromatic carbocycles. The number of rotatable bonds is 9. The van der Waals surface area contributed by atoms with Gasteiger partial charge in [-0.1, -0.05) is 24.3 Å². The first-order chi connectivity index (χ1) is 20.7. The fourth-order valence-electron chi connectivity index (χ4n) is 5.33.